The molecule has 0 aromatic rings. The molecule has 0 spiro atoms. The summed E-state index contributed by atoms with van der Waals surface area (Å²) >= 11 is 0. The van der Waals surface area contributed by atoms with E-state index in [0.29, 0.717) is 5.41 Å². The van der Waals surface area contributed by atoms with Crippen LogP contribution in [0.2, 0.25) is 0 Å². The number of rotatable bonds is 4. The molecular formula is C13H26N2. The summed E-state index contributed by atoms with van der Waals surface area (Å²) in [5.74, 6) is 1.01. The van der Waals surface area contributed by atoms with Crippen LogP contribution in [-0.4, -0.2) is 37.6 Å². The van der Waals surface area contributed by atoms with Crippen LogP contribution in [0.5, 0.6) is 0 Å². The van der Waals surface area contributed by atoms with Crippen molar-refractivity contribution in [3.8, 4) is 0 Å². The summed E-state index contributed by atoms with van der Waals surface area (Å²) in [6, 6.07) is 0. The number of hydrogen-bond acceptors (Lipinski definition) is 2. The Morgan fingerprint density at radius 1 is 1.27 bits per heavy atom. The highest BCUT2D eigenvalue weighted by Crippen LogP contribution is 2.32. The van der Waals surface area contributed by atoms with E-state index < -0.39 is 0 Å². The fourth-order valence-electron chi connectivity index (χ4n) is 3.13. The van der Waals surface area contributed by atoms with Gasteiger partial charge in [0.25, 0.3) is 0 Å². The van der Waals surface area contributed by atoms with E-state index in [1.165, 1.54) is 58.4 Å². The highest BCUT2D eigenvalue weighted by molar-refractivity contribution is 4.88. The average molecular weight is 210 g/mol. The molecule has 0 unspecified atom stereocenters. The summed E-state index contributed by atoms with van der Waals surface area (Å²) in [6.07, 6.45) is 5.53. The van der Waals surface area contributed by atoms with Gasteiger partial charge in [0.2, 0.25) is 0 Å². The summed E-state index contributed by atoms with van der Waals surface area (Å²) in [7, 11) is 0. The molecule has 2 nitrogen and oxygen atoms in total. The summed E-state index contributed by atoms with van der Waals surface area (Å²) < 4.78 is 0. The molecule has 0 radical (unpaired) electrons. The van der Waals surface area contributed by atoms with E-state index >= 15 is 0 Å². The number of nitrogens with one attached hydrogen (secondary N) is 1. The van der Waals surface area contributed by atoms with Crippen LogP contribution in [0, 0.1) is 11.3 Å². The highest BCUT2D eigenvalue weighted by atomic mass is 15.2. The first-order valence-electron chi connectivity index (χ1n) is 6.65. The summed E-state index contributed by atoms with van der Waals surface area (Å²) in [5.41, 5.74) is 0.600. The fraction of sp³-hybridized carbons (Fsp3) is 1.00. The molecule has 2 fully saturated rings. The van der Waals surface area contributed by atoms with Crippen molar-refractivity contribution in [2.45, 2.75) is 39.5 Å². The quantitative estimate of drug-likeness (QED) is 0.764. The van der Waals surface area contributed by atoms with E-state index in [-0.39, 0.29) is 0 Å². The van der Waals surface area contributed by atoms with E-state index in [9.17, 15) is 0 Å². The fourth-order valence-corrected chi connectivity index (χ4v) is 3.13. The van der Waals surface area contributed by atoms with Gasteiger partial charge >= 0.3 is 0 Å². The second kappa shape index (κ2) is 4.84. The van der Waals surface area contributed by atoms with Crippen molar-refractivity contribution in [2.75, 3.05) is 32.7 Å². The normalized spacial score (nSPS) is 27.6. The van der Waals surface area contributed by atoms with Gasteiger partial charge < -0.3 is 10.2 Å². The highest BCUT2D eigenvalue weighted by Gasteiger charge is 2.34. The Morgan fingerprint density at radius 3 is 2.53 bits per heavy atom. The van der Waals surface area contributed by atoms with Gasteiger partial charge in [0.05, 0.1) is 0 Å². The minimum Gasteiger partial charge on any atom is -0.317 e. The van der Waals surface area contributed by atoms with Crippen molar-refractivity contribution >= 4 is 0 Å². The Labute approximate surface area is 94.4 Å². The first-order chi connectivity index (χ1) is 7.22. The molecular weight excluding hydrogens is 184 g/mol. The van der Waals surface area contributed by atoms with Gasteiger partial charge in [0.15, 0.2) is 0 Å². The van der Waals surface area contributed by atoms with Crippen molar-refractivity contribution in [3.05, 3.63) is 0 Å². The molecule has 2 heterocycles. The van der Waals surface area contributed by atoms with Crippen molar-refractivity contribution < 1.29 is 0 Å². The van der Waals surface area contributed by atoms with Crippen molar-refractivity contribution in [3.63, 3.8) is 0 Å². The molecule has 2 rings (SSSR count). The molecule has 2 heteroatoms. The third kappa shape index (κ3) is 2.94. The zero-order chi connectivity index (χ0) is 10.7. The van der Waals surface area contributed by atoms with Gasteiger partial charge in [-0.3, -0.25) is 0 Å². The molecule has 0 aliphatic carbocycles. The van der Waals surface area contributed by atoms with Crippen LogP contribution < -0.4 is 5.32 Å². The lowest BCUT2D eigenvalue weighted by Gasteiger charge is -2.46. The monoisotopic (exact) mass is 210 g/mol. The Morgan fingerprint density at radius 2 is 1.93 bits per heavy atom. The Bertz CT molecular complexity index is 191. The average Bonchev–Trinajstić information content (AvgIpc) is 2.16. The first kappa shape index (κ1) is 11.4. The summed E-state index contributed by atoms with van der Waals surface area (Å²) in [5, 5.41) is 3.46. The van der Waals surface area contributed by atoms with Crippen LogP contribution in [0.25, 0.3) is 0 Å². The molecule has 0 bridgehead atoms. The van der Waals surface area contributed by atoms with Crippen LogP contribution in [0.4, 0.5) is 0 Å². The van der Waals surface area contributed by atoms with Gasteiger partial charge in [0.1, 0.15) is 0 Å². The SMILES string of the molecule is CCCC1CN(CC2(C)CCNCC2)C1. The van der Waals surface area contributed by atoms with E-state index in [4.69, 9.17) is 0 Å². The van der Waals surface area contributed by atoms with E-state index in [1.54, 1.807) is 0 Å². The van der Waals surface area contributed by atoms with Crippen LogP contribution in [0.3, 0.4) is 0 Å². The zero-order valence-electron chi connectivity index (χ0n) is 10.4. The van der Waals surface area contributed by atoms with Crippen molar-refractivity contribution in [1.29, 1.82) is 0 Å². The Kier molecular flexibility index (Phi) is 3.68. The zero-order valence-corrected chi connectivity index (χ0v) is 10.4. The van der Waals surface area contributed by atoms with Crippen LogP contribution in [-0.2, 0) is 0 Å². The first-order valence-corrected chi connectivity index (χ1v) is 6.65. The number of likely N-dealkylation sites (tertiary alicyclic amines) is 1. The lowest BCUT2D eigenvalue weighted by Crippen LogP contribution is -2.52. The third-order valence-electron chi connectivity index (χ3n) is 4.15. The van der Waals surface area contributed by atoms with Crippen molar-refractivity contribution in [2.24, 2.45) is 11.3 Å². The molecule has 0 saturated carbocycles. The molecule has 15 heavy (non-hydrogen) atoms. The van der Waals surface area contributed by atoms with Gasteiger partial charge in [-0.05, 0) is 43.7 Å². The molecule has 2 aliphatic heterocycles. The molecule has 0 atom stereocenters. The predicted octanol–water partition coefficient (Wildman–Crippen LogP) is 2.11. The maximum atomic E-state index is 3.46. The second-order valence-corrected chi connectivity index (χ2v) is 5.91. The molecule has 88 valence electrons. The van der Waals surface area contributed by atoms with E-state index in [2.05, 4.69) is 24.1 Å². The van der Waals surface area contributed by atoms with Gasteiger partial charge in [-0.25, -0.2) is 0 Å². The number of nitrogens with zero attached hydrogens (tertiary/aromatic N) is 1. The molecule has 2 aliphatic rings. The molecule has 0 aromatic heterocycles. The topological polar surface area (TPSA) is 15.3 Å². The third-order valence-corrected chi connectivity index (χ3v) is 4.15. The molecule has 0 amide bonds. The van der Waals surface area contributed by atoms with Gasteiger partial charge in [-0.1, -0.05) is 20.3 Å². The van der Waals surface area contributed by atoms with Gasteiger partial charge in [0, 0.05) is 19.6 Å². The lowest BCUT2D eigenvalue weighted by atomic mass is 9.79. The largest absolute Gasteiger partial charge is 0.317 e. The maximum absolute atomic E-state index is 3.46. The molecule has 2 saturated heterocycles. The minimum absolute atomic E-state index is 0.600. The maximum Gasteiger partial charge on any atom is 0.00365 e. The summed E-state index contributed by atoms with van der Waals surface area (Å²) in [6.45, 7) is 11.3. The predicted molar refractivity (Wildman–Crippen MR) is 65.0 cm³/mol. The number of hydrogen-bond donors (Lipinski definition) is 1. The van der Waals surface area contributed by atoms with E-state index in [1.807, 2.05) is 0 Å². The number of piperidine rings is 1. The molecule has 0 aromatic carbocycles. The smallest absolute Gasteiger partial charge is 0.00365 e. The second-order valence-electron chi connectivity index (χ2n) is 5.91. The van der Waals surface area contributed by atoms with Crippen molar-refractivity contribution in [1.82, 2.24) is 10.2 Å². The summed E-state index contributed by atoms with van der Waals surface area (Å²) in [4.78, 5) is 2.67. The Hall–Kier alpha value is -0.0800. The van der Waals surface area contributed by atoms with Crippen LogP contribution in [0.1, 0.15) is 39.5 Å². The van der Waals surface area contributed by atoms with Crippen LogP contribution in [0.15, 0.2) is 0 Å². The van der Waals surface area contributed by atoms with Crippen LogP contribution >= 0.6 is 0 Å². The van der Waals surface area contributed by atoms with Gasteiger partial charge in [-0.2, -0.15) is 0 Å². The Balaban J connectivity index is 1.69. The standard InChI is InChI=1S/C13H26N2/c1-3-4-12-9-15(10-12)11-13(2)5-7-14-8-6-13/h12,14H,3-11H2,1-2H3. The van der Waals surface area contributed by atoms with Gasteiger partial charge in [-0.15, -0.1) is 0 Å². The van der Waals surface area contributed by atoms with E-state index in [0.717, 1.165) is 5.92 Å². The molecule has 1 N–H and O–H groups in total. The lowest BCUT2D eigenvalue weighted by molar-refractivity contribution is 0.0357. The minimum atomic E-state index is 0.600.